The molecule has 102 valence electrons. The van der Waals surface area contributed by atoms with Crippen LogP contribution in [0.3, 0.4) is 0 Å². The molecule has 1 unspecified atom stereocenters. The van der Waals surface area contributed by atoms with Gasteiger partial charge in [0.1, 0.15) is 11.8 Å². The van der Waals surface area contributed by atoms with Gasteiger partial charge in [-0.1, -0.05) is 0 Å². The van der Waals surface area contributed by atoms with Crippen LogP contribution in [0.4, 0.5) is 0 Å². The minimum atomic E-state index is -0.645. The molecule has 1 N–H and O–H groups in total. The maximum atomic E-state index is 10.6. The molecule has 4 nitrogen and oxygen atoms in total. The number of aliphatic hydroxyl groups excluding tert-OH is 1. The fourth-order valence-electron chi connectivity index (χ4n) is 2.68. The van der Waals surface area contributed by atoms with Crippen molar-refractivity contribution in [1.82, 2.24) is 9.78 Å². The molecule has 0 saturated carbocycles. The van der Waals surface area contributed by atoms with E-state index in [2.05, 4.69) is 11.2 Å². The van der Waals surface area contributed by atoms with Crippen LogP contribution in [-0.2, 0) is 19.4 Å². The van der Waals surface area contributed by atoms with Crippen LogP contribution < -0.4 is 4.74 Å². The van der Waals surface area contributed by atoms with Gasteiger partial charge in [0.2, 0.25) is 0 Å². The van der Waals surface area contributed by atoms with Gasteiger partial charge in [-0.25, -0.2) is 0 Å². The Labute approximate surface area is 116 Å². The lowest BCUT2D eigenvalue weighted by atomic mass is 10.1. The Balaban J connectivity index is 1.98. The zero-order valence-electron chi connectivity index (χ0n) is 11.2. The zero-order valence-corrected chi connectivity index (χ0v) is 12.0. The molecular weight excluding hydrogens is 260 g/mol. The summed E-state index contributed by atoms with van der Waals surface area (Å²) >= 11 is 1.72. The maximum Gasteiger partial charge on any atom is 0.163 e. The second kappa shape index (κ2) is 4.98. The van der Waals surface area contributed by atoms with E-state index in [0.29, 0.717) is 5.75 Å². The van der Waals surface area contributed by atoms with E-state index < -0.39 is 6.10 Å². The minimum Gasteiger partial charge on any atom is -0.493 e. The van der Waals surface area contributed by atoms with E-state index in [1.54, 1.807) is 29.3 Å². The molecule has 0 radical (unpaired) electrons. The number of nitrogens with zero attached hydrogens (tertiary/aromatic N) is 2. The van der Waals surface area contributed by atoms with Crippen molar-refractivity contribution in [3.8, 4) is 5.75 Å². The van der Waals surface area contributed by atoms with Crippen LogP contribution in [-0.4, -0.2) is 22.0 Å². The van der Waals surface area contributed by atoms with Crippen molar-refractivity contribution in [2.75, 3.05) is 7.11 Å². The number of ether oxygens (including phenoxy) is 1. The second-order valence-electron chi connectivity index (χ2n) is 4.77. The number of aliphatic hydroxyl groups is 1. The molecule has 1 atom stereocenters. The van der Waals surface area contributed by atoms with Gasteiger partial charge < -0.3 is 9.84 Å². The summed E-state index contributed by atoms with van der Waals surface area (Å²) in [5, 5.41) is 14.9. The Bertz CT molecular complexity index is 545. The second-order valence-corrected chi connectivity index (χ2v) is 5.94. The zero-order chi connectivity index (χ0) is 13.4. The van der Waals surface area contributed by atoms with E-state index >= 15 is 0 Å². The lowest BCUT2D eigenvalue weighted by molar-refractivity contribution is 0.206. The summed E-state index contributed by atoms with van der Waals surface area (Å²) in [7, 11) is 1.61. The summed E-state index contributed by atoms with van der Waals surface area (Å²) in [5.41, 5.74) is 2.16. The first-order valence-corrected chi connectivity index (χ1v) is 7.45. The van der Waals surface area contributed by atoms with E-state index in [9.17, 15) is 5.11 Å². The Morgan fingerprint density at radius 2 is 2.37 bits per heavy atom. The molecular formula is C14H18N2O2S. The third kappa shape index (κ3) is 2.07. The molecule has 1 aliphatic rings. The molecule has 0 fully saturated rings. The Hall–Kier alpha value is -1.33. The van der Waals surface area contributed by atoms with Crippen molar-refractivity contribution >= 4 is 11.3 Å². The van der Waals surface area contributed by atoms with E-state index in [4.69, 9.17) is 4.74 Å². The molecule has 0 aromatic carbocycles. The molecule has 2 aromatic rings. The van der Waals surface area contributed by atoms with Gasteiger partial charge in [0.25, 0.3) is 0 Å². The van der Waals surface area contributed by atoms with Crippen LogP contribution in [0, 0.1) is 0 Å². The summed E-state index contributed by atoms with van der Waals surface area (Å²) in [5.74, 6) is 0.655. The molecule has 2 heterocycles. The normalized spacial score (nSPS) is 15.5. The van der Waals surface area contributed by atoms with Crippen molar-refractivity contribution in [3.05, 3.63) is 33.3 Å². The Morgan fingerprint density at radius 1 is 1.53 bits per heavy atom. The molecule has 1 aliphatic carbocycles. The average Bonchev–Trinajstić information content (AvgIpc) is 3.10. The summed E-state index contributed by atoms with van der Waals surface area (Å²) in [6.07, 6.45) is 4.56. The molecule has 0 aliphatic heterocycles. The first-order chi connectivity index (χ1) is 9.24. The molecule has 19 heavy (non-hydrogen) atoms. The van der Waals surface area contributed by atoms with E-state index in [1.165, 1.54) is 16.9 Å². The quantitative estimate of drug-likeness (QED) is 0.935. The van der Waals surface area contributed by atoms with Gasteiger partial charge in [-0.15, -0.1) is 11.3 Å². The Kier molecular flexibility index (Phi) is 3.33. The number of fused-ring (bicyclic) bond motifs is 1. The molecule has 0 saturated heterocycles. The number of aromatic nitrogens is 2. The highest BCUT2D eigenvalue weighted by Crippen LogP contribution is 2.38. The number of hydrogen-bond acceptors (Lipinski definition) is 4. The highest BCUT2D eigenvalue weighted by atomic mass is 32.1. The van der Waals surface area contributed by atoms with Crippen molar-refractivity contribution in [3.63, 3.8) is 0 Å². The van der Waals surface area contributed by atoms with Crippen molar-refractivity contribution in [1.29, 1.82) is 0 Å². The molecule has 2 aromatic heterocycles. The number of rotatable bonds is 4. The van der Waals surface area contributed by atoms with E-state index in [-0.39, 0.29) is 0 Å². The summed E-state index contributed by atoms with van der Waals surface area (Å²) in [6, 6.07) is 2.14. The molecule has 5 heteroatoms. The van der Waals surface area contributed by atoms with Crippen molar-refractivity contribution in [2.45, 2.75) is 38.8 Å². The van der Waals surface area contributed by atoms with Crippen molar-refractivity contribution < 1.29 is 9.84 Å². The van der Waals surface area contributed by atoms with Crippen molar-refractivity contribution in [2.24, 2.45) is 0 Å². The number of aryl methyl sites for hydroxylation is 3. The van der Waals surface area contributed by atoms with Crippen LogP contribution in [0.1, 0.15) is 40.5 Å². The number of thiophene rings is 1. The lowest BCUT2D eigenvalue weighted by Gasteiger charge is -2.12. The van der Waals surface area contributed by atoms with E-state index in [1.807, 2.05) is 6.92 Å². The molecule has 0 bridgehead atoms. The fourth-order valence-corrected chi connectivity index (χ4v) is 3.93. The molecule has 0 amide bonds. The van der Waals surface area contributed by atoms with Crippen LogP contribution in [0.15, 0.2) is 12.3 Å². The smallest absolute Gasteiger partial charge is 0.163 e. The fraction of sp³-hybridized carbons (Fsp3) is 0.500. The van der Waals surface area contributed by atoms with Crippen LogP contribution in [0.5, 0.6) is 5.75 Å². The first kappa shape index (κ1) is 12.7. The molecule has 0 spiro atoms. The van der Waals surface area contributed by atoms with Gasteiger partial charge in [-0.3, -0.25) is 4.68 Å². The van der Waals surface area contributed by atoms with Gasteiger partial charge in [-0.2, -0.15) is 5.10 Å². The first-order valence-electron chi connectivity index (χ1n) is 6.63. The summed E-state index contributed by atoms with van der Waals surface area (Å²) in [6.45, 7) is 2.73. The largest absolute Gasteiger partial charge is 0.493 e. The number of methoxy groups -OCH3 is 1. The third-order valence-electron chi connectivity index (χ3n) is 3.66. The van der Waals surface area contributed by atoms with Crippen LogP contribution in [0.25, 0.3) is 0 Å². The Morgan fingerprint density at radius 3 is 3.05 bits per heavy atom. The summed E-state index contributed by atoms with van der Waals surface area (Å²) < 4.78 is 7.11. The SMILES string of the molecule is CCn1ncc(OC)c1C(O)c1cc2c(s1)CCC2. The lowest BCUT2D eigenvalue weighted by Crippen LogP contribution is -2.09. The number of hydrogen-bond donors (Lipinski definition) is 1. The van der Waals surface area contributed by atoms with Crippen LogP contribution in [0.2, 0.25) is 0 Å². The highest BCUT2D eigenvalue weighted by molar-refractivity contribution is 7.12. The highest BCUT2D eigenvalue weighted by Gasteiger charge is 2.25. The van der Waals surface area contributed by atoms with Gasteiger partial charge in [0, 0.05) is 16.3 Å². The minimum absolute atomic E-state index is 0.645. The third-order valence-corrected chi connectivity index (χ3v) is 4.95. The predicted octanol–water partition coefficient (Wildman–Crippen LogP) is 2.54. The summed E-state index contributed by atoms with van der Waals surface area (Å²) in [4.78, 5) is 2.42. The van der Waals surface area contributed by atoms with Crippen LogP contribution >= 0.6 is 11.3 Å². The average molecular weight is 278 g/mol. The maximum absolute atomic E-state index is 10.6. The van der Waals surface area contributed by atoms with E-state index in [0.717, 1.165) is 30.0 Å². The van der Waals surface area contributed by atoms with Gasteiger partial charge in [-0.05, 0) is 37.8 Å². The topological polar surface area (TPSA) is 47.3 Å². The monoisotopic (exact) mass is 278 g/mol. The van der Waals surface area contributed by atoms with Gasteiger partial charge in [0.15, 0.2) is 5.75 Å². The predicted molar refractivity (Wildman–Crippen MR) is 74.9 cm³/mol. The standard InChI is InChI=1S/C14H18N2O2S/c1-3-16-13(10(18-2)8-15-16)14(17)12-7-9-5-4-6-11(9)19-12/h7-8,14,17H,3-6H2,1-2H3. The van der Waals surface area contributed by atoms with Gasteiger partial charge in [0.05, 0.1) is 13.3 Å². The van der Waals surface area contributed by atoms with Gasteiger partial charge >= 0.3 is 0 Å². The molecule has 3 rings (SSSR count).